The van der Waals surface area contributed by atoms with Gasteiger partial charge in [0.05, 0.1) is 11.4 Å². The summed E-state index contributed by atoms with van der Waals surface area (Å²) in [5.41, 5.74) is 2.30. The molecule has 2 aromatic carbocycles. The van der Waals surface area contributed by atoms with Gasteiger partial charge in [0.25, 0.3) is 0 Å². The SMILES string of the molecule is Cc1ccc(NC(=O)CSc2nnc(-c3ccncc3)n2-c2ccc(F)cc2)c(F)c1. The summed E-state index contributed by atoms with van der Waals surface area (Å²) in [7, 11) is 0. The van der Waals surface area contributed by atoms with Crippen LogP contribution in [0.15, 0.2) is 72.1 Å². The summed E-state index contributed by atoms with van der Waals surface area (Å²) in [6.07, 6.45) is 3.27. The highest BCUT2D eigenvalue weighted by Crippen LogP contribution is 2.28. The van der Waals surface area contributed by atoms with Crippen molar-refractivity contribution in [3.63, 3.8) is 0 Å². The molecule has 1 amide bonds. The number of anilines is 1. The highest BCUT2D eigenvalue weighted by molar-refractivity contribution is 7.99. The largest absolute Gasteiger partial charge is 0.323 e. The van der Waals surface area contributed by atoms with Gasteiger partial charge in [-0.2, -0.15) is 0 Å². The molecule has 0 radical (unpaired) electrons. The van der Waals surface area contributed by atoms with Crippen molar-refractivity contribution in [3.8, 4) is 17.1 Å². The van der Waals surface area contributed by atoms with Gasteiger partial charge in [-0.15, -0.1) is 10.2 Å². The van der Waals surface area contributed by atoms with E-state index < -0.39 is 5.82 Å². The number of thioether (sulfide) groups is 1. The van der Waals surface area contributed by atoms with E-state index in [9.17, 15) is 13.6 Å². The van der Waals surface area contributed by atoms with Crippen LogP contribution in [-0.2, 0) is 4.79 Å². The Balaban J connectivity index is 1.58. The number of aromatic nitrogens is 4. The van der Waals surface area contributed by atoms with Gasteiger partial charge >= 0.3 is 0 Å². The van der Waals surface area contributed by atoms with Crippen molar-refractivity contribution in [1.82, 2.24) is 19.7 Å². The number of nitrogens with zero attached hydrogens (tertiary/aromatic N) is 4. The van der Waals surface area contributed by atoms with Crippen LogP contribution in [0, 0.1) is 18.6 Å². The molecule has 0 saturated carbocycles. The number of hydrogen-bond donors (Lipinski definition) is 1. The van der Waals surface area contributed by atoms with Crippen molar-refractivity contribution >= 4 is 23.4 Å². The summed E-state index contributed by atoms with van der Waals surface area (Å²) < 4.78 is 29.2. The van der Waals surface area contributed by atoms with Crippen molar-refractivity contribution < 1.29 is 13.6 Å². The van der Waals surface area contributed by atoms with Crippen LogP contribution in [0.3, 0.4) is 0 Å². The van der Waals surface area contributed by atoms with Gasteiger partial charge in [0.1, 0.15) is 11.6 Å². The molecule has 1 N–H and O–H groups in total. The van der Waals surface area contributed by atoms with Gasteiger partial charge in [-0.1, -0.05) is 17.8 Å². The number of rotatable bonds is 6. The fourth-order valence-corrected chi connectivity index (χ4v) is 3.66. The second-order valence-corrected chi connectivity index (χ2v) is 7.62. The normalized spacial score (nSPS) is 10.8. The second-order valence-electron chi connectivity index (χ2n) is 6.67. The molecule has 6 nitrogen and oxygen atoms in total. The van der Waals surface area contributed by atoms with E-state index in [1.807, 2.05) is 0 Å². The van der Waals surface area contributed by atoms with Crippen molar-refractivity contribution in [1.29, 1.82) is 0 Å². The summed E-state index contributed by atoms with van der Waals surface area (Å²) >= 11 is 1.14. The Bertz CT molecular complexity index is 1210. The van der Waals surface area contributed by atoms with E-state index in [2.05, 4.69) is 20.5 Å². The first-order valence-electron chi connectivity index (χ1n) is 9.32. The molecule has 2 aromatic heterocycles. The number of hydrogen-bond acceptors (Lipinski definition) is 5. The fourth-order valence-electron chi connectivity index (χ4n) is 2.91. The lowest BCUT2D eigenvalue weighted by Crippen LogP contribution is -2.15. The Morgan fingerprint density at radius 2 is 1.77 bits per heavy atom. The lowest BCUT2D eigenvalue weighted by molar-refractivity contribution is -0.113. The molecule has 9 heteroatoms. The number of pyridine rings is 1. The van der Waals surface area contributed by atoms with Gasteiger partial charge in [-0.05, 0) is 61.0 Å². The predicted molar refractivity (Wildman–Crippen MR) is 115 cm³/mol. The van der Waals surface area contributed by atoms with E-state index in [0.717, 1.165) is 22.9 Å². The maximum absolute atomic E-state index is 14.0. The van der Waals surface area contributed by atoms with Gasteiger partial charge in [0.15, 0.2) is 11.0 Å². The highest BCUT2D eigenvalue weighted by atomic mass is 32.2. The van der Waals surface area contributed by atoms with Crippen molar-refractivity contribution in [2.45, 2.75) is 12.1 Å². The van der Waals surface area contributed by atoms with E-state index in [0.29, 0.717) is 16.7 Å². The van der Waals surface area contributed by atoms with Crippen LogP contribution in [-0.4, -0.2) is 31.4 Å². The average molecular weight is 437 g/mol. The molecule has 0 spiro atoms. The molecule has 0 aliphatic heterocycles. The number of carbonyl (C=O) groups is 1. The minimum Gasteiger partial charge on any atom is -0.323 e. The molecule has 0 aliphatic carbocycles. The van der Waals surface area contributed by atoms with Crippen LogP contribution in [0.5, 0.6) is 0 Å². The monoisotopic (exact) mass is 437 g/mol. The Morgan fingerprint density at radius 3 is 2.48 bits per heavy atom. The zero-order chi connectivity index (χ0) is 21.8. The third-order valence-electron chi connectivity index (χ3n) is 4.39. The smallest absolute Gasteiger partial charge is 0.234 e. The predicted octanol–water partition coefficient (Wildman–Crippen LogP) is 4.65. The molecule has 2 heterocycles. The molecule has 0 saturated heterocycles. The molecule has 0 aliphatic rings. The Morgan fingerprint density at radius 1 is 1.03 bits per heavy atom. The summed E-state index contributed by atoms with van der Waals surface area (Å²) in [5, 5.41) is 11.5. The molecule has 4 aromatic rings. The van der Waals surface area contributed by atoms with Crippen LogP contribution in [0.2, 0.25) is 0 Å². The van der Waals surface area contributed by atoms with E-state index in [4.69, 9.17) is 0 Å². The van der Waals surface area contributed by atoms with Crippen LogP contribution in [0.1, 0.15) is 5.56 Å². The van der Waals surface area contributed by atoms with E-state index in [1.165, 1.54) is 24.3 Å². The van der Waals surface area contributed by atoms with E-state index in [1.54, 1.807) is 54.2 Å². The van der Waals surface area contributed by atoms with Crippen LogP contribution >= 0.6 is 11.8 Å². The van der Waals surface area contributed by atoms with Crippen molar-refractivity contribution in [2.24, 2.45) is 0 Å². The number of carbonyl (C=O) groups excluding carboxylic acids is 1. The third-order valence-corrected chi connectivity index (χ3v) is 5.32. The molecule has 0 unspecified atom stereocenters. The van der Waals surface area contributed by atoms with Crippen LogP contribution < -0.4 is 5.32 Å². The molecule has 0 bridgehead atoms. The Labute approximate surface area is 181 Å². The van der Waals surface area contributed by atoms with Gasteiger partial charge in [-0.3, -0.25) is 14.3 Å². The first kappa shape index (κ1) is 20.7. The second kappa shape index (κ2) is 9.05. The summed E-state index contributed by atoms with van der Waals surface area (Å²) in [4.78, 5) is 16.4. The lowest BCUT2D eigenvalue weighted by Gasteiger charge is -2.11. The molecule has 0 fully saturated rings. The maximum Gasteiger partial charge on any atom is 0.234 e. The first-order chi connectivity index (χ1) is 15.0. The molecule has 31 heavy (non-hydrogen) atoms. The maximum atomic E-state index is 14.0. The first-order valence-corrected chi connectivity index (χ1v) is 10.3. The molecular formula is C22H17F2N5OS. The lowest BCUT2D eigenvalue weighted by atomic mass is 10.2. The zero-order valence-electron chi connectivity index (χ0n) is 16.4. The van der Waals surface area contributed by atoms with Crippen molar-refractivity contribution in [2.75, 3.05) is 11.1 Å². The standard InChI is InChI=1S/C22H17F2N5OS/c1-14-2-7-19(18(24)12-14)26-20(30)13-31-22-28-27-21(15-8-10-25-11-9-15)29(22)17-5-3-16(23)4-6-17/h2-12H,13H2,1H3,(H,26,30). The number of aryl methyl sites for hydroxylation is 1. The van der Waals surface area contributed by atoms with Gasteiger partial charge in [-0.25, -0.2) is 8.78 Å². The molecule has 4 rings (SSSR count). The molecule has 0 atom stereocenters. The van der Waals surface area contributed by atoms with E-state index in [-0.39, 0.29) is 23.2 Å². The van der Waals surface area contributed by atoms with Gasteiger partial charge < -0.3 is 5.32 Å². The van der Waals surface area contributed by atoms with E-state index >= 15 is 0 Å². The van der Waals surface area contributed by atoms with Crippen LogP contribution in [0.25, 0.3) is 17.1 Å². The number of amides is 1. The third kappa shape index (κ3) is 4.77. The minimum atomic E-state index is -0.493. The summed E-state index contributed by atoms with van der Waals surface area (Å²) in [5.74, 6) is -0.722. The number of nitrogens with one attached hydrogen (secondary N) is 1. The fraction of sp³-hybridized carbons (Fsp3) is 0.0909. The van der Waals surface area contributed by atoms with Gasteiger partial charge in [0.2, 0.25) is 5.91 Å². The summed E-state index contributed by atoms with van der Waals surface area (Å²) in [6, 6.07) is 14.1. The highest BCUT2D eigenvalue weighted by Gasteiger charge is 2.18. The topological polar surface area (TPSA) is 72.7 Å². The van der Waals surface area contributed by atoms with Crippen molar-refractivity contribution in [3.05, 3.63) is 84.2 Å². The average Bonchev–Trinajstić information content (AvgIpc) is 3.19. The quantitative estimate of drug-likeness (QED) is 0.445. The minimum absolute atomic E-state index is 0.0109. The number of halogens is 2. The zero-order valence-corrected chi connectivity index (χ0v) is 17.2. The molecule has 156 valence electrons. The Kier molecular flexibility index (Phi) is 6.03. The summed E-state index contributed by atoms with van der Waals surface area (Å²) in [6.45, 7) is 1.77. The Hall–Kier alpha value is -3.59. The molecular weight excluding hydrogens is 420 g/mol. The number of benzene rings is 2. The van der Waals surface area contributed by atoms with Gasteiger partial charge in [0, 0.05) is 23.6 Å². The van der Waals surface area contributed by atoms with Crippen LogP contribution in [0.4, 0.5) is 14.5 Å².